The van der Waals surface area contributed by atoms with Gasteiger partial charge in [-0.3, -0.25) is 19.4 Å². The Morgan fingerprint density at radius 3 is 2.25 bits per heavy atom. The van der Waals surface area contributed by atoms with Gasteiger partial charge in [0.1, 0.15) is 10.6 Å². The molecule has 1 saturated carbocycles. The Labute approximate surface area is 356 Å². The van der Waals surface area contributed by atoms with Crippen LogP contribution in [-0.4, -0.2) is 89.4 Å². The predicted molar refractivity (Wildman–Crippen MR) is 217 cm³/mol. The first kappa shape index (κ1) is 50.9. The number of carboxylic acid groups (broad SMARTS) is 1. The zero-order valence-corrected chi connectivity index (χ0v) is 35.6. The Kier molecular flexibility index (Phi) is 18.8. The first-order valence-electron chi connectivity index (χ1n) is 20.3. The number of benzene rings is 1. The third-order valence-corrected chi connectivity index (χ3v) is 12.7. The third-order valence-electron chi connectivity index (χ3n) is 11.7. The average Bonchev–Trinajstić information content (AvgIpc) is 3.57. The van der Waals surface area contributed by atoms with Gasteiger partial charge in [-0.05, 0) is 84.9 Å². The van der Waals surface area contributed by atoms with Gasteiger partial charge in [0.05, 0.1) is 41.1 Å². The van der Waals surface area contributed by atoms with Crippen LogP contribution in [0.1, 0.15) is 102 Å². The molecular weight excluding hydrogens is 834 g/mol. The van der Waals surface area contributed by atoms with Crippen molar-refractivity contribution in [1.29, 1.82) is 5.26 Å². The minimum absolute atomic E-state index is 0.0295. The van der Waals surface area contributed by atoms with E-state index >= 15 is 4.39 Å². The van der Waals surface area contributed by atoms with Crippen molar-refractivity contribution in [2.45, 2.75) is 115 Å². The van der Waals surface area contributed by atoms with Crippen molar-refractivity contribution in [2.24, 2.45) is 22.2 Å². The summed E-state index contributed by atoms with van der Waals surface area (Å²) >= 11 is 0.481. The lowest BCUT2D eigenvalue weighted by Crippen LogP contribution is -2.50. The Hall–Kier alpha value is -4.50. The molecule has 0 bridgehead atoms. The number of aromatic hydroxyl groups is 1. The number of para-hydroxylation sites is 1. The fourth-order valence-electron chi connectivity index (χ4n) is 7.78. The summed E-state index contributed by atoms with van der Waals surface area (Å²) in [4.78, 5) is 42.5. The first-order chi connectivity index (χ1) is 28.7. The molecular formula is C43H55F7N4O6S. The summed E-state index contributed by atoms with van der Waals surface area (Å²) in [6, 6.07) is 8.04. The van der Waals surface area contributed by atoms with Gasteiger partial charge in [0.25, 0.3) is 0 Å². The van der Waals surface area contributed by atoms with Gasteiger partial charge in [0.2, 0.25) is 5.91 Å². The molecule has 61 heavy (non-hydrogen) atoms. The maximum atomic E-state index is 15.0. The van der Waals surface area contributed by atoms with Crippen LogP contribution in [0, 0.1) is 34.4 Å². The second kappa shape index (κ2) is 22.6. The zero-order chi connectivity index (χ0) is 45.6. The number of thiophene rings is 1. The molecule has 3 heterocycles. The molecule has 1 aromatic carbocycles. The molecule has 2 N–H and O–H groups in total. The summed E-state index contributed by atoms with van der Waals surface area (Å²) in [5.74, 6) is -3.33. The van der Waals surface area contributed by atoms with Gasteiger partial charge in [0, 0.05) is 42.3 Å². The molecule has 5 rings (SSSR count). The van der Waals surface area contributed by atoms with Crippen molar-refractivity contribution in [3.63, 3.8) is 0 Å². The number of aliphatic carboxylic acids is 1. The normalized spacial score (nSPS) is 21.0. The number of aldehydes is 1. The smallest absolute Gasteiger partial charge is 0.425 e. The largest absolute Gasteiger partial charge is 0.507 e. The second-order valence-corrected chi connectivity index (χ2v) is 16.6. The van der Waals surface area contributed by atoms with Crippen LogP contribution in [0.4, 0.5) is 30.7 Å². The number of alkyl halides is 6. The standard InChI is InChI=1S/C30H42FN3O4.C8H10F3NO.C5H3F3OS/c1-3-8-25-22(9-4-5-17-33(25)2)27(35)34-18-14-30(21-32,15-19-34)23-10-6-11-24(31)26(23)38-20-16-29(28(36)37)12-7-13-29;1-3-4-12-7(5-13)6(2)8(9,10)11;6-5(7,8)4-1-3(9)2-10-4/h6,10-11,22,25H,3-5,7-9,12-20H2,1-2H3,(H,36,37);3-6H,1-2H3;1-2,9H/b;4-3-,12-7?;. The van der Waals surface area contributed by atoms with Crippen LogP contribution in [0.2, 0.25) is 0 Å². The van der Waals surface area contributed by atoms with E-state index in [1.54, 1.807) is 19.1 Å². The van der Waals surface area contributed by atoms with E-state index in [1.807, 2.05) is 4.90 Å². The number of nitrogens with zero attached hydrogens (tertiary/aromatic N) is 4. The van der Waals surface area contributed by atoms with Gasteiger partial charge in [0.15, 0.2) is 17.9 Å². The van der Waals surface area contributed by atoms with E-state index in [4.69, 9.17) is 9.84 Å². The number of allylic oxidation sites excluding steroid dienone is 1. The van der Waals surface area contributed by atoms with Gasteiger partial charge in [-0.2, -0.15) is 31.6 Å². The maximum Gasteiger partial charge on any atom is 0.425 e. The number of halogens is 7. The number of likely N-dealkylation sites (tertiary alicyclic amines) is 2. The van der Waals surface area contributed by atoms with E-state index in [0.717, 1.165) is 63.6 Å². The van der Waals surface area contributed by atoms with Gasteiger partial charge in [-0.25, -0.2) is 4.39 Å². The Bertz CT molecular complexity index is 1860. The molecule has 3 aliphatic rings. The Morgan fingerprint density at radius 2 is 1.77 bits per heavy atom. The van der Waals surface area contributed by atoms with Crippen LogP contribution < -0.4 is 4.74 Å². The van der Waals surface area contributed by atoms with Crippen molar-refractivity contribution in [1.82, 2.24) is 9.80 Å². The molecule has 1 aromatic heterocycles. The Morgan fingerprint density at radius 1 is 1.10 bits per heavy atom. The monoisotopic (exact) mass is 888 g/mol. The third kappa shape index (κ3) is 13.5. The number of carbonyl (C=O) groups is 3. The van der Waals surface area contributed by atoms with E-state index in [-0.39, 0.29) is 42.3 Å². The topological polar surface area (TPSA) is 144 Å². The van der Waals surface area contributed by atoms with Gasteiger partial charge in [-0.15, -0.1) is 11.3 Å². The molecule has 3 fully saturated rings. The van der Waals surface area contributed by atoms with Crippen molar-refractivity contribution < 1.29 is 60.1 Å². The second-order valence-electron chi connectivity index (χ2n) is 15.7. The van der Waals surface area contributed by atoms with Crippen LogP contribution >= 0.6 is 11.3 Å². The molecule has 2 aliphatic heterocycles. The summed E-state index contributed by atoms with van der Waals surface area (Å²) < 4.78 is 92.1. The highest BCUT2D eigenvalue weighted by Crippen LogP contribution is 2.46. The van der Waals surface area contributed by atoms with Crippen molar-refractivity contribution >= 4 is 35.2 Å². The molecule has 1 amide bonds. The number of piperidine rings is 1. The summed E-state index contributed by atoms with van der Waals surface area (Å²) in [7, 11) is 2.12. The fraction of sp³-hybridized carbons (Fsp3) is 0.605. The molecule has 2 saturated heterocycles. The summed E-state index contributed by atoms with van der Waals surface area (Å²) in [6.45, 7) is 6.66. The summed E-state index contributed by atoms with van der Waals surface area (Å²) in [6.07, 6.45) is 2.30. The van der Waals surface area contributed by atoms with E-state index in [2.05, 4.69) is 29.9 Å². The number of amides is 1. The van der Waals surface area contributed by atoms with E-state index in [9.17, 15) is 51.1 Å². The predicted octanol–water partition coefficient (Wildman–Crippen LogP) is 9.96. The molecule has 0 radical (unpaired) electrons. The highest BCUT2D eigenvalue weighted by molar-refractivity contribution is 7.10. The molecule has 0 spiro atoms. The lowest BCUT2D eigenvalue weighted by Gasteiger charge is -2.41. The van der Waals surface area contributed by atoms with Crippen LogP contribution in [-0.2, 0) is 26.0 Å². The highest BCUT2D eigenvalue weighted by atomic mass is 32.1. The number of hydrogen-bond donors (Lipinski definition) is 2. The van der Waals surface area contributed by atoms with Gasteiger partial charge in [-0.1, -0.05) is 44.4 Å². The molecule has 18 heteroatoms. The molecule has 10 nitrogen and oxygen atoms in total. The van der Waals surface area contributed by atoms with E-state index in [1.165, 1.54) is 12.1 Å². The van der Waals surface area contributed by atoms with Crippen molar-refractivity contribution in [3.8, 4) is 17.6 Å². The fourth-order valence-corrected chi connectivity index (χ4v) is 8.42. The summed E-state index contributed by atoms with van der Waals surface area (Å²) in [5.41, 5.74) is -1.75. The minimum Gasteiger partial charge on any atom is -0.507 e. The SMILES string of the molecule is C/C=C\N=C(C=O)C(C)C(F)(F)F.CCCC1C(C(=O)N2CCC(C#N)(c3cccc(F)c3OCCC3(C(=O)O)CCC3)CC2)CCCCN1C.Oc1csc(C(F)(F)F)c1. The number of carbonyl (C=O) groups excluding carboxylic acids is 2. The number of aliphatic imine (C=N–C) groups is 1. The van der Waals surface area contributed by atoms with Crippen molar-refractivity contribution in [2.75, 3.05) is 33.3 Å². The average molecular weight is 889 g/mol. The minimum atomic E-state index is -4.42. The zero-order valence-electron chi connectivity index (χ0n) is 34.8. The van der Waals surface area contributed by atoms with Gasteiger partial charge < -0.3 is 24.7 Å². The molecule has 3 atom stereocenters. The number of nitriles is 1. The number of hydrogen-bond acceptors (Lipinski definition) is 9. The van der Waals surface area contributed by atoms with E-state index < -0.39 is 51.5 Å². The van der Waals surface area contributed by atoms with E-state index in [0.29, 0.717) is 68.2 Å². The maximum absolute atomic E-state index is 15.0. The number of ether oxygens (including phenoxy) is 1. The first-order valence-corrected chi connectivity index (χ1v) is 21.2. The van der Waals surface area contributed by atoms with Gasteiger partial charge >= 0.3 is 18.3 Å². The van der Waals surface area contributed by atoms with Crippen LogP contribution in [0.3, 0.4) is 0 Å². The summed E-state index contributed by atoms with van der Waals surface area (Å²) in [5, 5.41) is 29.5. The molecule has 2 aromatic rings. The Balaban J connectivity index is 0.000000351. The van der Waals surface area contributed by atoms with Crippen LogP contribution in [0.5, 0.6) is 11.5 Å². The highest BCUT2D eigenvalue weighted by Gasteiger charge is 2.46. The van der Waals surface area contributed by atoms with Crippen molar-refractivity contribution in [3.05, 3.63) is 58.2 Å². The molecule has 1 aliphatic carbocycles. The number of rotatable bonds is 12. The quantitative estimate of drug-likeness (QED) is 0.122. The lowest BCUT2D eigenvalue weighted by atomic mass is 9.67. The lowest BCUT2D eigenvalue weighted by molar-refractivity contribution is -0.155. The molecule has 3 unspecified atom stereocenters. The molecule has 338 valence electrons. The number of carboxylic acids is 1. The van der Waals surface area contributed by atoms with Crippen LogP contribution in [0.25, 0.3) is 0 Å². The van der Waals surface area contributed by atoms with Crippen LogP contribution in [0.15, 0.2) is 46.9 Å².